The fourth-order valence-corrected chi connectivity index (χ4v) is 4.34. The van der Waals surface area contributed by atoms with Gasteiger partial charge in [-0.2, -0.15) is 0 Å². The molecule has 7 nitrogen and oxygen atoms in total. The number of rotatable bonds is 8. The van der Waals surface area contributed by atoms with Gasteiger partial charge in [-0.05, 0) is 31.4 Å². The minimum Gasteiger partial charge on any atom is -0.394 e. The molecule has 0 bridgehead atoms. The molecule has 0 aromatic carbocycles. The Labute approximate surface area is 171 Å². The van der Waals surface area contributed by atoms with Crippen molar-refractivity contribution < 1.29 is 9.50 Å². The summed E-state index contributed by atoms with van der Waals surface area (Å²) in [5, 5.41) is 13.9. The Hall–Kier alpha value is -2.04. The first-order valence-corrected chi connectivity index (χ1v) is 10.6. The number of hydrogen-bond acceptors (Lipinski definition) is 9. The van der Waals surface area contributed by atoms with Crippen molar-refractivity contribution in [2.75, 3.05) is 17.7 Å². The van der Waals surface area contributed by atoms with E-state index in [2.05, 4.69) is 39.1 Å². The SMILES string of the molecule is CC(C)C[C@H](CO)Nc1nc(S[C@@H](C)c2ccc(F)cn2)nc2nc(N)sc12. The number of nitrogens with zero attached hydrogens (tertiary/aromatic N) is 4. The van der Waals surface area contributed by atoms with E-state index in [1.54, 1.807) is 6.07 Å². The van der Waals surface area contributed by atoms with Crippen LogP contribution in [-0.4, -0.2) is 37.7 Å². The molecule has 0 radical (unpaired) electrons. The van der Waals surface area contributed by atoms with Gasteiger partial charge >= 0.3 is 0 Å². The van der Waals surface area contributed by atoms with E-state index >= 15 is 0 Å². The molecular weight excluding hydrogens is 399 g/mol. The maximum atomic E-state index is 13.1. The molecule has 3 aromatic rings. The summed E-state index contributed by atoms with van der Waals surface area (Å²) in [7, 11) is 0. The van der Waals surface area contributed by atoms with Gasteiger partial charge in [0.2, 0.25) is 0 Å². The van der Waals surface area contributed by atoms with Crippen molar-refractivity contribution in [1.29, 1.82) is 0 Å². The van der Waals surface area contributed by atoms with Crippen LogP contribution in [0.5, 0.6) is 0 Å². The molecule has 10 heteroatoms. The highest BCUT2D eigenvalue weighted by Crippen LogP contribution is 2.36. The van der Waals surface area contributed by atoms with Gasteiger partial charge in [0.05, 0.1) is 29.8 Å². The van der Waals surface area contributed by atoms with Crippen LogP contribution in [0, 0.1) is 11.7 Å². The Bertz CT molecular complexity index is 934. The number of nitrogens with one attached hydrogen (secondary N) is 1. The van der Waals surface area contributed by atoms with Crippen LogP contribution in [0.15, 0.2) is 23.5 Å². The van der Waals surface area contributed by atoms with Crippen molar-refractivity contribution in [1.82, 2.24) is 19.9 Å². The molecule has 0 aliphatic carbocycles. The zero-order valence-corrected chi connectivity index (χ0v) is 17.5. The maximum absolute atomic E-state index is 13.1. The highest BCUT2D eigenvalue weighted by Gasteiger charge is 2.19. The average Bonchev–Trinajstić information content (AvgIpc) is 3.01. The lowest BCUT2D eigenvalue weighted by Crippen LogP contribution is -2.26. The minimum absolute atomic E-state index is 0.00363. The molecule has 150 valence electrons. The summed E-state index contributed by atoms with van der Waals surface area (Å²) in [4.78, 5) is 17.5. The minimum atomic E-state index is -0.372. The molecule has 0 saturated carbocycles. The monoisotopic (exact) mass is 422 g/mol. The number of hydrogen-bond donors (Lipinski definition) is 3. The van der Waals surface area contributed by atoms with Crippen LogP contribution in [0.1, 0.15) is 38.1 Å². The van der Waals surface area contributed by atoms with E-state index in [-0.39, 0.29) is 23.7 Å². The summed E-state index contributed by atoms with van der Waals surface area (Å²) in [5.41, 5.74) is 7.12. The number of aromatic nitrogens is 4. The highest BCUT2D eigenvalue weighted by molar-refractivity contribution is 7.99. The lowest BCUT2D eigenvalue weighted by atomic mass is 10.0. The van der Waals surface area contributed by atoms with Gasteiger partial charge in [-0.1, -0.05) is 36.9 Å². The van der Waals surface area contributed by atoms with Gasteiger partial charge in [-0.15, -0.1) is 0 Å². The summed E-state index contributed by atoms with van der Waals surface area (Å²) >= 11 is 2.71. The number of pyridine rings is 1. The fourth-order valence-electron chi connectivity index (χ4n) is 2.76. The van der Waals surface area contributed by atoms with Gasteiger partial charge < -0.3 is 16.2 Å². The van der Waals surface area contributed by atoms with Crippen LogP contribution < -0.4 is 11.1 Å². The fraction of sp³-hybridized carbons (Fsp3) is 0.444. The lowest BCUT2D eigenvalue weighted by molar-refractivity contribution is 0.259. The van der Waals surface area contributed by atoms with E-state index in [1.807, 2.05) is 6.92 Å². The number of fused-ring (bicyclic) bond motifs is 1. The molecule has 0 unspecified atom stereocenters. The van der Waals surface area contributed by atoms with Gasteiger partial charge in [0.1, 0.15) is 10.5 Å². The molecule has 3 aromatic heterocycles. The zero-order chi connectivity index (χ0) is 20.3. The zero-order valence-electron chi connectivity index (χ0n) is 15.9. The molecule has 3 rings (SSSR count). The number of nitrogen functional groups attached to an aromatic ring is 1. The Balaban J connectivity index is 1.89. The first kappa shape index (κ1) is 20.7. The molecule has 4 N–H and O–H groups in total. The van der Waals surface area contributed by atoms with Crippen LogP contribution in [0.2, 0.25) is 0 Å². The van der Waals surface area contributed by atoms with Crippen molar-refractivity contribution in [2.24, 2.45) is 5.92 Å². The van der Waals surface area contributed by atoms with Crippen LogP contribution in [0.25, 0.3) is 10.3 Å². The van der Waals surface area contributed by atoms with E-state index in [1.165, 1.54) is 35.4 Å². The summed E-state index contributed by atoms with van der Waals surface area (Å²) in [5.74, 6) is 0.663. The standard InChI is InChI=1S/C18H23FN6OS2/c1-9(2)6-12(8-26)22-15-14-16(23-17(20)28-14)25-18(24-15)27-10(3)13-5-4-11(19)7-21-13/h4-5,7,9-10,12,26H,6,8H2,1-3H3,(H3,20,22,23,24,25)/t10-,12+/m0/s1. The Morgan fingerprint density at radius 3 is 2.68 bits per heavy atom. The molecule has 0 aliphatic rings. The number of aliphatic hydroxyl groups is 1. The van der Waals surface area contributed by atoms with Crippen LogP contribution in [0.4, 0.5) is 15.3 Å². The van der Waals surface area contributed by atoms with Crippen LogP contribution in [0.3, 0.4) is 0 Å². The van der Waals surface area contributed by atoms with Gasteiger partial charge in [0, 0.05) is 0 Å². The molecule has 0 fully saturated rings. The topological polar surface area (TPSA) is 110 Å². The van der Waals surface area contributed by atoms with Crippen molar-refractivity contribution in [2.45, 2.75) is 43.6 Å². The van der Waals surface area contributed by atoms with E-state index in [4.69, 9.17) is 5.73 Å². The Kier molecular flexibility index (Phi) is 6.63. The smallest absolute Gasteiger partial charge is 0.192 e. The van der Waals surface area contributed by atoms with E-state index in [0.717, 1.165) is 16.8 Å². The first-order valence-electron chi connectivity index (χ1n) is 8.95. The lowest BCUT2D eigenvalue weighted by Gasteiger charge is -2.19. The number of anilines is 2. The normalized spacial score (nSPS) is 13.8. The third-order valence-corrected chi connectivity index (χ3v) is 5.88. The molecule has 0 aliphatic heterocycles. The van der Waals surface area contributed by atoms with Crippen molar-refractivity contribution >= 4 is 44.4 Å². The van der Waals surface area contributed by atoms with Crippen molar-refractivity contribution in [3.8, 4) is 0 Å². The number of aliphatic hydroxyl groups excluding tert-OH is 1. The Morgan fingerprint density at radius 1 is 1.25 bits per heavy atom. The van der Waals surface area contributed by atoms with E-state index in [0.29, 0.717) is 27.7 Å². The summed E-state index contributed by atoms with van der Waals surface area (Å²) in [6, 6.07) is 2.90. The van der Waals surface area contributed by atoms with Gasteiger partial charge in [-0.3, -0.25) is 4.98 Å². The largest absolute Gasteiger partial charge is 0.394 e. The van der Waals surface area contributed by atoms with Gasteiger partial charge in [0.25, 0.3) is 0 Å². The highest BCUT2D eigenvalue weighted by atomic mass is 32.2. The molecule has 3 heterocycles. The second-order valence-corrected chi connectivity index (χ2v) is 9.21. The van der Waals surface area contributed by atoms with E-state index in [9.17, 15) is 9.50 Å². The predicted molar refractivity (Wildman–Crippen MR) is 112 cm³/mol. The number of nitrogens with two attached hydrogens (primary N) is 1. The molecule has 0 saturated heterocycles. The molecule has 2 atom stereocenters. The molecular formula is C18H23FN6OS2. The summed E-state index contributed by atoms with van der Waals surface area (Å²) in [6.07, 6.45) is 2.00. The van der Waals surface area contributed by atoms with Crippen molar-refractivity contribution in [3.05, 3.63) is 29.8 Å². The third-order valence-electron chi connectivity index (χ3n) is 4.02. The van der Waals surface area contributed by atoms with E-state index < -0.39 is 0 Å². The second kappa shape index (κ2) is 8.97. The molecule has 28 heavy (non-hydrogen) atoms. The van der Waals surface area contributed by atoms with Gasteiger partial charge in [-0.25, -0.2) is 19.3 Å². The maximum Gasteiger partial charge on any atom is 0.192 e. The first-order chi connectivity index (χ1) is 13.4. The molecule has 0 amide bonds. The second-order valence-electron chi connectivity index (χ2n) is 6.87. The van der Waals surface area contributed by atoms with Crippen LogP contribution in [-0.2, 0) is 0 Å². The van der Waals surface area contributed by atoms with Crippen molar-refractivity contribution in [3.63, 3.8) is 0 Å². The van der Waals surface area contributed by atoms with Gasteiger partial charge in [0.15, 0.2) is 21.8 Å². The summed E-state index contributed by atoms with van der Waals surface area (Å²) < 4.78 is 13.9. The number of halogens is 1. The number of thioether (sulfide) groups is 1. The quantitative estimate of drug-likeness (QED) is 0.371. The predicted octanol–water partition coefficient (Wildman–Crippen LogP) is 3.87. The average molecular weight is 423 g/mol. The Morgan fingerprint density at radius 2 is 2.04 bits per heavy atom. The third kappa shape index (κ3) is 5.06. The van der Waals surface area contributed by atoms with Crippen LogP contribution >= 0.6 is 23.1 Å². The number of thiazole rings is 1. The molecule has 0 spiro atoms. The summed E-state index contributed by atoms with van der Waals surface area (Å²) in [6.45, 7) is 6.15.